The zero-order valence-corrected chi connectivity index (χ0v) is 18.6. The van der Waals surface area contributed by atoms with Gasteiger partial charge in [-0.1, -0.05) is 48.3 Å². The molecule has 2 aromatic rings. The zero-order valence-electron chi connectivity index (χ0n) is 17.1. The van der Waals surface area contributed by atoms with Gasteiger partial charge in [0.05, 0.1) is 0 Å². The second-order valence-electron chi connectivity index (χ2n) is 6.93. The van der Waals surface area contributed by atoms with Crippen molar-refractivity contribution < 1.29 is 18.7 Å². The first-order valence-corrected chi connectivity index (χ1v) is 10.4. The molecule has 8 heteroatoms. The Hall–Kier alpha value is -2.31. The molecule has 0 unspecified atom stereocenters. The number of carbonyl (C=O) groups excluding carboxylic acids is 2. The molecule has 0 aromatic heterocycles. The van der Waals surface area contributed by atoms with Gasteiger partial charge in [0.25, 0.3) is 5.91 Å². The molecule has 2 amide bonds. The van der Waals surface area contributed by atoms with Crippen LogP contribution >= 0.6 is 23.2 Å². The minimum absolute atomic E-state index is 0.00701. The molecule has 5 nitrogen and oxygen atoms in total. The van der Waals surface area contributed by atoms with Crippen molar-refractivity contribution in [2.45, 2.75) is 45.8 Å². The number of nitrogens with zero attached hydrogens (tertiary/aromatic N) is 1. The van der Waals surface area contributed by atoms with Gasteiger partial charge >= 0.3 is 0 Å². The van der Waals surface area contributed by atoms with Crippen LogP contribution in [-0.4, -0.2) is 35.4 Å². The normalized spacial score (nSPS) is 12.7. The summed E-state index contributed by atoms with van der Waals surface area (Å²) in [4.78, 5) is 27.0. The monoisotopic (exact) mass is 454 g/mol. The number of hydrogen-bond acceptors (Lipinski definition) is 3. The van der Waals surface area contributed by atoms with Gasteiger partial charge in [-0.2, -0.15) is 0 Å². The maximum absolute atomic E-state index is 13.8. The summed E-state index contributed by atoms with van der Waals surface area (Å²) in [5, 5.41) is 3.62. The number of nitrogens with one attached hydrogen (secondary N) is 1. The first-order chi connectivity index (χ1) is 14.2. The molecule has 30 heavy (non-hydrogen) atoms. The molecule has 0 radical (unpaired) electrons. The van der Waals surface area contributed by atoms with Crippen molar-refractivity contribution in [2.24, 2.45) is 0 Å². The third-order valence-electron chi connectivity index (χ3n) is 4.75. The molecule has 0 saturated carbocycles. The maximum atomic E-state index is 13.8. The minimum Gasteiger partial charge on any atom is -0.481 e. The number of benzene rings is 2. The predicted octanol–water partition coefficient (Wildman–Crippen LogP) is 4.84. The van der Waals surface area contributed by atoms with Gasteiger partial charge in [0.1, 0.15) is 6.04 Å². The molecule has 162 valence electrons. The number of ether oxygens (including phenoxy) is 1. The zero-order chi connectivity index (χ0) is 22.3. The van der Waals surface area contributed by atoms with Gasteiger partial charge in [0.15, 0.2) is 18.2 Å². The van der Waals surface area contributed by atoms with E-state index in [9.17, 15) is 14.0 Å². The lowest BCUT2D eigenvalue weighted by Gasteiger charge is -2.30. The van der Waals surface area contributed by atoms with Crippen molar-refractivity contribution >= 4 is 35.0 Å². The van der Waals surface area contributed by atoms with Crippen LogP contribution in [0, 0.1) is 5.82 Å². The number of carbonyl (C=O) groups is 2. The highest BCUT2D eigenvalue weighted by molar-refractivity contribution is 6.36. The van der Waals surface area contributed by atoms with Crippen LogP contribution in [0.5, 0.6) is 5.75 Å². The van der Waals surface area contributed by atoms with E-state index in [0.29, 0.717) is 15.6 Å². The summed E-state index contributed by atoms with van der Waals surface area (Å²) in [6, 6.07) is 9.94. The Morgan fingerprint density at radius 1 is 1.10 bits per heavy atom. The summed E-state index contributed by atoms with van der Waals surface area (Å²) in [6.45, 7) is 5.01. The summed E-state index contributed by atoms with van der Waals surface area (Å²) in [7, 11) is 0. The van der Waals surface area contributed by atoms with Crippen LogP contribution in [-0.2, 0) is 16.1 Å². The molecule has 0 aliphatic heterocycles. The lowest BCUT2D eigenvalue weighted by atomic mass is 10.1. The Morgan fingerprint density at radius 3 is 2.33 bits per heavy atom. The molecule has 0 aliphatic carbocycles. The summed E-state index contributed by atoms with van der Waals surface area (Å²) in [5.41, 5.74) is 0.517. The molecule has 2 aromatic carbocycles. The van der Waals surface area contributed by atoms with Crippen LogP contribution in [0.1, 0.15) is 32.8 Å². The fraction of sp³-hybridized carbons (Fsp3) is 0.364. The largest absolute Gasteiger partial charge is 0.481 e. The van der Waals surface area contributed by atoms with E-state index < -0.39 is 24.4 Å². The SMILES string of the molecule is CC[C@H](C)NC(=O)[C@@H](C)N(Cc1c(Cl)cccc1Cl)C(=O)COc1ccccc1F. The number of rotatable bonds is 9. The molecule has 0 bridgehead atoms. The standard InChI is InChI=1S/C22H25Cl2FN2O3/c1-4-14(2)26-22(29)15(3)27(12-16-17(23)8-7-9-18(16)24)21(28)13-30-20-11-6-5-10-19(20)25/h5-11,14-15H,4,12-13H2,1-3H3,(H,26,29)/t14-,15+/m0/s1. The van der Waals surface area contributed by atoms with Crippen molar-refractivity contribution in [1.82, 2.24) is 10.2 Å². The molecule has 1 N–H and O–H groups in total. The van der Waals surface area contributed by atoms with Crippen LogP contribution < -0.4 is 10.1 Å². The van der Waals surface area contributed by atoms with E-state index in [1.165, 1.54) is 23.1 Å². The van der Waals surface area contributed by atoms with Gasteiger partial charge in [-0.05, 0) is 44.5 Å². The molecule has 2 atom stereocenters. The highest BCUT2D eigenvalue weighted by Gasteiger charge is 2.28. The maximum Gasteiger partial charge on any atom is 0.261 e. The van der Waals surface area contributed by atoms with Crippen molar-refractivity contribution in [3.63, 3.8) is 0 Å². The van der Waals surface area contributed by atoms with Crippen LogP contribution in [0.15, 0.2) is 42.5 Å². The van der Waals surface area contributed by atoms with Crippen molar-refractivity contribution in [2.75, 3.05) is 6.61 Å². The van der Waals surface area contributed by atoms with Crippen molar-refractivity contribution in [1.29, 1.82) is 0 Å². The molecular weight excluding hydrogens is 430 g/mol. The highest BCUT2D eigenvalue weighted by atomic mass is 35.5. The van der Waals surface area contributed by atoms with Gasteiger partial charge in [-0.25, -0.2) is 4.39 Å². The Bertz CT molecular complexity index is 874. The molecule has 2 rings (SSSR count). The summed E-state index contributed by atoms with van der Waals surface area (Å²) >= 11 is 12.5. The summed E-state index contributed by atoms with van der Waals surface area (Å²) in [5.74, 6) is -1.43. The van der Waals surface area contributed by atoms with E-state index in [4.69, 9.17) is 27.9 Å². The van der Waals surface area contributed by atoms with Crippen molar-refractivity contribution in [3.8, 4) is 5.75 Å². The Kier molecular flexibility index (Phi) is 8.93. The average molecular weight is 455 g/mol. The van der Waals surface area contributed by atoms with Crippen LogP contribution in [0.25, 0.3) is 0 Å². The van der Waals surface area contributed by atoms with Crippen molar-refractivity contribution in [3.05, 3.63) is 63.9 Å². The Balaban J connectivity index is 2.24. The number of hydrogen-bond donors (Lipinski definition) is 1. The van der Waals surface area contributed by atoms with Crippen LogP contribution in [0.3, 0.4) is 0 Å². The first kappa shape index (κ1) is 24.0. The smallest absolute Gasteiger partial charge is 0.261 e. The van der Waals surface area contributed by atoms with Crippen LogP contribution in [0.4, 0.5) is 4.39 Å². The number of para-hydroxylation sites is 1. The topological polar surface area (TPSA) is 58.6 Å². The lowest BCUT2D eigenvalue weighted by molar-refractivity contribution is -0.142. The highest BCUT2D eigenvalue weighted by Crippen LogP contribution is 2.26. The Labute approximate surface area is 186 Å². The van der Waals surface area contributed by atoms with E-state index >= 15 is 0 Å². The van der Waals surface area contributed by atoms with Gasteiger partial charge < -0.3 is 15.0 Å². The second-order valence-corrected chi connectivity index (χ2v) is 7.75. The number of halogens is 3. The van der Waals surface area contributed by atoms with Gasteiger partial charge in [0.2, 0.25) is 5.91 Å². The molecule has 0 aliphatic rings. The Morgan fingerprint density at radius 2 is 1.73 bits per heavy atom. The molecular formula is C22H25Cl2FN2O3. The van der Waals surface area contributed by atoms with Gasteiger partial charge in [0, 0.05) is 28.2 Å². The molecule has 0 spiro atoms. The fourth-order valence-corrected chi connectivity index (χ4v) is 3.20. The first-order valence-electron chi connectivity index (χ1n) is 9.64. The summed E-state index contributed by atoms with van der Waals surface area (Å²) < 4.78 is 19.2. The third kappa shape index (κ3) is 6.34. The van der Waals surface area contributed by atoms with Gasteiger partial charge in [-0.3, -0.25) is 9.59 Å². The van der Waals surface area contributed by atoms with Crippen LogP contribution in [0.2, 0.25) is 10.0 Å². The van der Waals surface area contributed by atoms with Gasteiger partial charge in [-0.15, -0.1) is 0 Å². The van der Waals surface area contributed by atoms with E-state index in [2.05, 4.69) is 5.32 Å². The molecule has 0 fully saturated rings. The minimum atomic E-state index is -0.817. The molecule has 0 heterocycles. The quantitative estimate of drug-likeness (QED) is 0.589. The third-order valence-corrected chi connectivity index (χ3v) is 5.45. The lowest BCUT2D eigenvalue weighted by Crippen LogP contribution is -2.50. The second kappa shape index (κ2) is 11.2. The van der Waals surface area contributed by atoms with E-state index in [1.54, 1.807) is 31.2 Å². The predicted molar refractivity (Wildman–Crippen MR) is 116 cm³/mol. The number of amides is 2. The van der Waals surface area contributed by atoms with E-state index in [-0.39, 0.29) is 24.2 Å². The van der Waals surface area contributed by atoms with E-state index in [1.807, 2.05) is 13.8 Å². The average Bonchev–Trinajstić information content (AvgIpc) is 2.72. The summed E-state index contributed by atoms with van der Waals surface area (Å²) in [6.07, 6.45) is 0.749. The fourth-order valence-electron chi connectivity index (χ4n) is 2.69. The molecule has 0 saturated heterocycles. The van der Waals surface area contributed by atoms with E-state index in [0.717, 1.165) is 6.42 Å².